The van der Waals surface area contributed by atoms with Crippen LogP contribution >= 0.6 is 15.9 Å². The second-order valence-electron chi connectivity index (χ2n) is 7.30. The Morgan fingerprint density at radius 3 is 2.21 bits per heavy atom. The van der Waals surface area contributed by atoms with Crippen molar-refractivity contribution in [3.63, 3.8) is 0 Å². The smallest absolute Gasteiger partial charge is 0.243 e. The van der Waals surface area contributed by atoms with Gasteiger partial charge in [-0.25, -0.2) is 8.42 Å². The lowest BCUT2D eigenvalue weighted by atomic mass is 9.96. The summed E-state index contributed by atoms with van der Waals surface area (Å²) in [6, 6.07) is 12.6. The summed E-state index contributed by atoms with van der Waals surface area (Å²) < 4.78 is 28.0. The molecule has 2 aromatic rings. The maximum Gasteiger partial charge on any atom is 0.243 e. The Morgan fingerprint density at radius 2 is 1.64 bits per heavy atom. The first kappa shape index (κ1) is 21.0. The van der Waals surface area contributed by atoms with Gasteiger partial charge in [-0.1, -0.05) is 22.0 Å². The Morgan fingerprint density at radius 1 is 1.04 bits per heavy atom. The zero-order chi connectivity index (χ0) is 20.5. The molecule has 1 fully saturated rings. The number of sulfonamides is 1. The number of amides is 1. The van der Waals surface area contributed by atoms with Gasteiger partial charge in [0.25, 0.3) is 0 Å². The van der Waals surface area contributed by atoms with Crippen LogP contribution in [-0.2, 0) is 14.8 Å². The van der Waals surface area contributed by atoms with Crippen molar-refractivity contribution >= 4 is 37.5 Å². The van der Waals surface area contributed by atoms with Gasteiger partial charge in [-0.15, -0.1) is 0 Å². The maximum absolute atomic E-state index is 12.9. The molecule has 2 aromatic carbocycles. The number of benzene rings is 2. The fraction of sp³-hybridized carbons (Fsp3) is 0.381. The monoisotopic (exact) mass is 464 g/mol. The SMILES string of the molecule is Cc1ccc(N(C)C(=O)C2CCN(S(=O)(=O)c3ccc(Br)cc3)CC2)cc1C. The molecule has 0 aliphatic carbocycles. The van der Waals surface area contributed by atoms with E-state index in [1.165, 1.54) is 9.87 Å². The summed E-state index contributed by atoms with van der Waals surface area (Å²) in [5, 5.41) is 0. The molecule has 7 heteroatoms. The second-order valence-corrected chi connectivity index (χ2v) is 10.2. The highest BCUT2D eigenvalue weighted by Crippen LogP contribution is 2.27. The van der Waals surface area contributed by atoms with Crippen LogP contribution in [0.2, 0.25) is 0 Å². The van der Waals surface area contributed by atoms with Crippen molar-refractivity contribution in [2.75, 3.05) is 25.0 Å². The fourth-order valence-electron chi connectivity index (χ4n) is 3.43. The summed E-state index contributed by atoms with van der Waals surface area (Å²) in [5.74, 6) is -0.119. The fourth-order valence-corrected chi connectivity index (χ4v) is 5.17. The molecular formula is C21H25BrN2O3S. The first-order valence-electron chi connectivity index (χ1n) is 9.30. The lowest BCUT2D eigenvalue weighted by Gasteiger charge is -2.32. The molecule has 1 aliphatic heterocycles. The Hall–Kier alpha value is -1.70. The summed E-state index contributed by atoms with van der Waals surface area (Å²) >= 11 is 3.32. The van der Waals surface area contributed by atoms with Crippen LogP contribution in [0, 0.1) is 19.8 Å². The summed E-state index contributed by atoms with van der Waals surface area (Å²) in [4.78, 5) is 14.9. The molecule has 1 amide bonds. The Bertz CT molecular complexity index is 966. The minimum absolute atomic E-state index is 0.0453. The van der Waals surface area contributed by atoms with Crippen molar-refractivity contribution in [2.45, 2.75) is 31.6 Å². The standard InChI is InChI=1S/C21H25BrN2O3S/c1-15-4-7-19(14-16(15)2)23(3)21(25)17-10-12-24(13-11-17)28(26,27)20-8-5-18(22)6-9-20/h4-9,14,17H,10-13H2,1-3H3. The van der Waals surface area contributed by atoms with Crippen LogP contribution in [0.3, 0.4) is 0 Å². The molecule has 0 N–H and O–H groups in total. The van der Waals surface area contributed by atoms with Crippen LogP contribution in [0.5, 0.6) is 0 Å². The van der Waals surface area contributed by atoms with Crippen molar-refractivity contribution in [3.8, 4) is 0 Å². The Balaban J connectivity index is 1.66. The second kappa shape index (κ2) is 8.35. The molecule has 1 aliphatic rings. The largest absolute Gasteiger partial charge is 0.315 e. The highest BCUT2D eigenvalue weighted by atomic mass is 79.9. The van der Waals surface area contributed by atoms with E-state index in [2.05, 4.69) is 15.9 Å². The molecule has 0 radical (unpaired) electrons. The minimum Gasteiger partial charge on any atom is -0.315 e. The van der Waals surface area contributed by atoms with Crippen LogP contribution in [0.15, 0.2) is 51.8 Å². The number of anilines is 1. The molecule has 1 heterocycles. The van der Waals surface area contributed by atoms with Gasteiger partial charge >= 0.3 is 0 Å². The third-order valence-corrected chi connectivity index (χ3v) is 7.90. The van der Waals surface area contributed by atoms with Gasteiger partial charge in [-0.3, -0.25) is 4.79 Å². The van der Waals surface area contributed by atoms with E-state index >= 15 is 0 Å². The van der Waals surface area contributed by atoms with E-state index in [9.17, 15) is 13.2 Å². The van der Waals surface area contributed by atoms with E-state index in [0.29, 0.717) is 25.9 Å². The average Bonchev–Trinajstić information content (AvgIpc) is 2.69. The van der Waals surface area contributed by atoms with Crippen LogP contribution in [0.4, 0.5) is 5.69 Å². The lowest BCUT2D eigenvalue weighted by Crippen LogP contribution is -2.43. The summed E-state index contributed by atoms with van der Waals surface area (Å²) in [5.41, 5.74) is 3.21. The number of rotatable bonds is 4. The first-order valence-corrected chi connectivity index (χ1v) is 11.5. The van der Waals surface area contributed by atoms with Gasteiger partial charge in [0.15, 0.2) is 0 Å². The molecule has 0 aromatic heterocycles. The van der Waals surface area contributed by atoms with Gasteiger partial charge < -0.3 is 4.90 Å². The summed E-state index contributed by atoms with van der Waals surface area (Å²) in [6.07, 6.45) is 1.06. The van der Waals surface area contributed by atoms with Crippen LogP contribution in [0.25, 0.3) is 0 Å². The van der Waals surface area contributed by atoms with E-state index in [1.807, 2.05) is 32.0 Å². The molecule has 28 heavy (non-hydrogen) atoms. The third kappa shape index (κ3) is 4.31. The first-order chi connectivity index (χ1) is 13.2. The van der Waals surface area contributed by atoms with E-state index in [-0.39, 0.29) is 16.7 Å². The van der Waals surface area contributed by atoms with Gasteiger partial charge in [0.2, 0.25) is 15.9 Å². The van der Waals surface area contributed by atoms with Gasteiger partial charge in [0.1, 0.15) is 0 Å². The number of hydrogen-bond donors (Lipinski definition) is 0. The molecule has 1 saturated heterocycles. The van der Waals surface area contributed by atoms with Crippen LogP contribution in [-0.4, -0.2) is 38.8 Å². The number of aryl methyl sites for hydroxylation is 2. The molecule has 0 atom stereocenters. The minimum atomic E-state index is -3.52. The number of carbonyl (C=O) groups excluding carboxylic acids is 1. The third-order valence-electron chi connectivity index (χ3n) is 5.46. The topological polar surface area (TPSA) is 57.7 Å². The van der Waals surface area contributed by atoms with Crippen molar-refractivity contribution in [3.05, 3.63) is 58.1 Å². The van der Waals surface area contributed by atoms with E-state index in [1.54, 1.807) is 36.2 Å². The van der Waals surface area contributed by atoms with E-state index in [4.69, 9.17) is 0 Å². The number of carbonyl (C=O) groups is 1. The molecular weight excluding hydrogens is 440 g/mol. The molecule has 5 nitrogen and oxygen atoms in total. The zero-order valence-electron chi connectivity index (χ0n) is 16.4. The maximum atomic E-state index is 12.9. The molecule has 150 valence electrons. The lowest BCUT2D eigenvalue weighted by molar-refractivity contribution is -0.123. The molecule has 0 unspecified atom stereocenters. The van der Waals surface area contributed by atoms with Crippen LogP contribution < -0.4 is 4.90 Å². The van der Waals surface area contributed by atoms with Gasteiger partial charge in [-0.2, -0.15) is 4.31 Å². The number of piperidine rings is 1. The van der Waals surface area contributed by atoms with Crippen molar-refractivity contribution in [2.24, 2.45) is 5.92 Å². The highest BCUT2D eigenvalue weighted by molar-refractivity contribution is 9.10. The predicted octanol–water partition coefficient (Wildman–Crippen LogP) is 4.13. The normalized spacial score (nSPS) is 16.1. The number of nitrogens with zero attached hydrogens (tertiary/aromatic N) is 2. The summed E-state index contributed by atoms with van der Waals surface area (Å²) in [7, 11) is -1.73. The molecule has 0 saturated carbocycles. The Labute approximate surface area is 175 Å². The van der Waals surface area contributed by atoms with Crippen molar-refractivity contribution in [1.29, 1.82) is 0 Å². The number of halogens is 1. The average molecular weight is 465 g/mol. The van der Waals surface area contributed by atoms with Gasteiger partial charge in [-0.05, 0) is 74.2 Å². The Kier molecular flexibility index (Phi) is 6.27. The van der Waals surface area contributed by atoms with E-state index in [0.717, 1.165) is 15.7 Å². The number of hydrogen-bond acceptors (Lipinski definition) is 3. The van der Waals surface area contributed by atoms with E-state index < -0.39 is 10.0 Å². The summed E-state index contributed by atoms with van der Waals surface area (Å²) in [6.45, 7) is 4.79. The van der Waals surface area contributed by atoms with Crippen LogP contribution in [0.1, 0.15) is 24.0 Å². The quantitative estimate of drug-likeness (QED) is 0.683. The zero-order valence-corrected chi connectivity index (χ0v) is 18.8. The van der Waals surface area contributed by atoms with Crippen molar-refractivity contribution in [1.82, 2.24) is 4.31 Å². The van der Waals surface area contributed by atoms with Crippen molar-refractivity contribution < 1.29 is 13.2 Å². The predicted molar refractivity (Wildman–Crippen MR) is 115 cm³/mol. The molecule has 0 bridgehead atoms. The van der Waals surface area contributed by atoms with Gasteiger partial charge in [0.05, 0.1) is 4.90 Å². The van der Waals surface area contributed by atoms with Gasteiger partial charge in [0, 0.05) is 36.2 Å². The highest BCUT2D eigenvalue weighted by Gasteiger charge is 2.33. The molecule has 0 spiro atoms. The molecule has 3 rings (SSSR count).